The number of hydrogen-bond acceptors (Lipinski definition) is 7. The lowest BCUT2D eigenvalue weighted by molar-refractivity contribution is -0.235. The molecule has 5 aliphatic rings. The standard InChI is InChI=1S/C43H65NO6S/c1-26(2)35-29(45)23-43(32(46)25-44-21-16-27-11-10-22-51-27)20-19-41(8)28(36(35)43)12-13-31-40(7)17-15-33(50-34(47)24-38(3,4)37(48)49)39(5,6)30(40)14-18-42(31,41)9/h10-11,22,26,28,30-33,44,46H,12-21,23-25H2,1-9H3,(H,48,49)/t28-,30+,31-,32-,33+,40+,41-,42-,43+/m1/s1. The van der Waals surface area contributed by atoms with Crippen molar-refractivity contribution in [3.63, 3.8) is 0 Å². The summed E-state index contributed by atoms with van der Waals surface area (Å²) in [6, 6.07) is 4.24. The Balaban J connectivity index is 1.25. The number of fused-ring (bicyclic) bond motifs is 7. The van der Waals surface area contributed by atoms with E-state index in [0.717, 1.165) is 69.9 Å². The van der Waals surface area contributed by atoms with Gasteiger partial charge in [-0.05, 0) is 129 Å². The van der Waals surface area contributed by atoms with E-state index in [9.17, 15) is 24.6 Å². The predicted molar refractivity (Wildman–Crippen MR) is 202 cm³/mol. The lowest BCUT2D eigenvalue weighted by Gasteiger charge is -2.72. The average Bonchev–Trinajstić information content (AvgIpc) is 3.66. The van der Waals surface area contributed by atoms with Crippen molar-refractivity contribution >= 4 is 29.1 Å². The molecule has 0 unspecified atom stereocenters. The number of allylic oxidation sites excluding steroid dienone is 1. The van der Waals surface area contributed by atoms with Crippen LogP contribution < -0.4 is 5.32 Å². The van der Waals surface area contributed by atoms with Gasteiger partial charge in [-0.1, -0.05) is 60.1 Å². The lowest BCUT2D eigenvalue weighted by Crippen LogP contribution is -2.66. The maximum atomic E-state index is 14.0. The predicted octanol–water partition coefficient (Wildman–Crippen LogP) is 8.63. The quantitative estimate of drug-likeness (QED) is 0.155. The van der Waals surface area contributed by atoms with Crippen molar-refractivity contribution in [1.29, 1.82) is 0 Å². The summed E-state index contributed by atoms with van der Waals surface area (Å²) in [5.41, 5.74) is 0.612. The van der Waals surface area contributed by atoms with Gasteiger partial charge < -0.3 is 20.3 Å². The van der Waals surface area contributed by atoms with Gasteiger partial charge in [0.2, 0.25) is 0 Å². The highest BCUT2D eigenvalue weighted by molar-refractivity contribution is 7.09. The van der Waals surface area contributed by atoms with Gasteiger partial charge in [0.05, 0.1) is 17.9 Å². The number of aliphatic carboxylic acids is 1. The molecule has 4 saturated carbocycles. The molecule has 0 aromatic carbocycles. The number of hydrogen-bond donors (Lipinski definition) is 3. The molecule has 1 aromatic heterocycles. The van der Waals surface area contributed by atoms with E-state index in [1.165, 1.54) is 10.5 Å². The molecule has 0 amide bonds. The molecule has 9 atom stereocenters. The van der Waals surface area contributed by atoms with Crippen molar-refractivity contribution < 1.29 is 29.3 Å². The van der Waals surface area contributed by atoms with Gasteiger partial charge in [-0.25, -0.2) is 0 Å². The zero-order valence-corrected chi connectivity index (χ0v) is 33.6. The van der Waals surface area contributed by atoms with Gasteiger partial charge >= 0.3 is 11.9 Å². The Hall–Kier alpha value is -2.03. The van der Waals surface area contributed by atoms with Crippen LogP contribution in [0.4, 0.5) is 0 Å². The van der Waals surface area contributed by atoms with E-state index >= 15 is 0 Å². The second kappa shape index (κ2) is 13.4. The minimum atomic E-state index is -1.16. The third-order valence-corrected chi connectivity index (χ3v) is 16.9. The number of esters is 1. The van der Waals surface area contributed by atoms with Crippen molar-refractivity contribution in [1.82, 2.24) is 5.32 Å². The number of Topliss-reactive ketones (excluding diaryl/α,β-unsaturated/α-hetero) is 1. The number of nitrogens with one attached hydrogen (secondary N) is 1. The van der Waals surface area contributed by atoms with Crippen molar-refractivity contribution in [3.05, 3.63) is 33.5 Å². The second-order valence-electron chi connectivity index (χ2n) is 19.6. The van der Waals surface area contributed by atoms with E-state index in [-0.39, 0.29) is 51.8 Å². The summed E-state index contributed by atoms with van der Waals surface area (Å²) < 4.78 is 6.16. The van der Waals surface area contributed by atoms with Crippen LogP contribution in [-0.2, 0) is 25.5 Å². The Morgan fingerprint density at radius 3 is 2.37 bits per heavy atom. The molecule has 0 radical (unpaired) electrons. The van der Waals surface area contributed by atoms with Crippen LogP contribution >= 0.6 is 11.3 Å². The SMILES string of the molecule is CC(C)C1=C2[C@H]3CC[C@@H]4[C@@]5(C)CC[C@H](OC(=O)CC(C)(C)C(=O)O)C(C)(C)[C@@H]5CC[C@@]4(C)[C@]3(C)CC[C@@]2([C@H](O)CNCCc2cccs2)CC1=O. The van der Waals surface area contributed by atoms with E-state index in [1.807, 2.05) is 0 Å². The molecule has 5 aliphatic carbocycles. The van der Waals surface area contributed by atoms with Gasteiger partial charge in [0.25, 0.3) is 0 Å². The molecule has 0 bridgehead atoms. The summed E-state index contributed by atoms with van der Waals surface area (Å²) in [5, 5.41) is 27.4. The fraction of sp³-hybridized carbons (Fsp3) is 0.791. The third kappa shape index (κ3) is 6.09. The first-order chi connectivity index (χ1) is 23.7. The second-order valence-corrected chi connectivity index (χ2v) is 20.6. The van der Waals surface area contributed by atoms with Gasteiger partial charge in [-0.2, -0.15) is 0 Å². The first kappa shape index (κ1) is 38.7. The zero-order chi connectivity index (χ0) is 37.4. The van der Waals surface area contributed by atoms with Crippen molar-refractivity contribution in [3.8, 4) is 0 Å². The summed E-state index contributed by atoms with van der Waals surface area (Å²) in [6.07, 6.45) is 8.37. The van der Waals surface area contributed by atoms with Gasteiger partial charge in [0.15, 0.2) is 5.78 Å². The highest BCUT2D eigenvalue weighted by atomic mass is 32.1. The smallest absolute Gasteiger partial charge is 0.309 e. The van der Waals surface area contributed by atoms with Crippen molar-refractivity contribution in [2.45, 2.75) is 145 Å². The van der Waals surface area contributed by atoms with Crippen LogP contribution in [0, 0.1) is 56.2 Å². The van der Waals surface area contributed by atoms with Crippen LogP contribution in [0.3, 0.4) is 0 Å². The third-order valence-electron chi connectivity index (χ3n) is 16.0. The number of ketones is 1. The van der Waals surface area contributed by atoms with Gasteiger partial charge in [0.1, 0.15) is 6.10 Å². The van der Waals surface area contributed by atoms with Crippen molar-refractivity contribution in [2.75, 3.05) is 13.1 Å². The number of ether oxygens (including phenoxy) is 1. The van der Waals surface area contributed by atoms with E-state index in [2.05, 4.69) is 71.3 Å². The molecule has 4 fully saturated rings. The summed E-state index contributed by atoms with van der Waals surface area (Å²) in [7, 11) is 0. The maximum Gasteiger partial charge on any atom is 0.309 e. The van der Waals surface area contributed by atoms with Crippen LogP contribution in [0.2, 0.25) is 0 Å². The van der Waals surface area contributed by atoms with Crippen LogP contribution in [0.25, 0.3) is 0 Å². The first-order valence-electron chi connectivity index (χ1n) is 19.9. The summed E-state index contributed by atoms with van der Waals surface area (Å²) in [5.74, 6) is 0.151. The van der Waals surface area contributed by atoms with E-state index in [4.69, 9.17) is 4.74 Å². The topological polar surface area (TPSA) is 113 Å². The largest absolute Gasteiger partial charge is 0.481 e. The molecule has 1 heterocycles. The molecule has 51 heavy (non-hydrogen) atoms. The summed E-state index contributed by atoms with van der Waals surface area (Å²) in [4.78, 5) is 40.1. The number of carboxylic acid groups (broad SMARTS) is 1. The van der Waals surface area contributed by atoms with E-state index < -0.39 is 28.9 Å². The van der Waals surface area contributed by atoms with Crippen LogP contribution in [0.5, 0.6) is 0 Å². The molecule has 3 N–H and O–H groups in total. The molecule has 284 valence electrons. The molecule has 0 spiro atoms. The minimum Gasteiger partial charge on any atom is -0.481 e. The zero-order valence-electron chi connectivity index (χ0n) is 32.8. The van der Waals surface area contributed by atoms with Gasteiger partial charge in [-0.15, -0.1) is 11.3 Å². The Morgan fingerprint density at radius 1 is 1.00 bits per heavy atom. The number of carbonyl (C=O) groups is 3. The Bertz CT molecular complexity index is 1540. The molecule has 6 rings (SSSR count). The maximum absolute atomic E-state index is 14.0. The highest BCUT2D eigenvalue weighted by Gasteiger charge is 2.70. The molecule has 8 heteroatoms. The van der Waals surface area contributed by atoms with Gasteiger partial charge in [-0.3, -0.25) is 14.4 Å². The monoisotopic (exact) mass is 723 g/mol. The fourth-order valence-corrected chi connectivity index (χ4v) is 13.7. The van der Waals surface area contributed by atoms with Crippen LogP contribution in [-0.4, -0.2) is 53.2 Å². The average molecular weight is 724 g/mol. The van der Waals surface area contributed by atoms with Crippen LogP contribution in [0.1, 0.15) is 131 Å². The first-order valence-corrected chi connectivity index (χ1v) is 20.7. The Labute approximate surface area is 310 Å². The molecular weight excluding hydrogens is 659 g/mol. The number of thiophene rings is 1. The van der Waals surface area contributed by atoms with Crippen LogP contribution in [0.15, 0.2) is 28.7 Å². The Kier molecular flexibility index (Phi) is 10.1. The van der Waals surface area contributed by atoms with E-state index in [0.29, 0.717) is 24.8 Å². The van der Waals surface area contributed by atoms with Gasteiger partial charge in [0, 0.05) is 35.2 Å². The molecule has 1 aromatic rings. The summed E-state index contributed by atoms with van der Waals surface area (Å²) >= 11 is 1.77. The van der Waals surface area contributed by atoms with Crippen molar-refractivity contribution in [2.24, 2.45) is 56.2 Å². The number of rotatable bonds is 11. The summed E-state index contributed by atoms with van der Waals surface area (Å²) in [6.45, 7) is 21.0. The highest BCUT2D eigenvalue weighted by Crippen LogP contribution is 2.77. The molecular formula is C43H65NO6S. The number of carbonyl (C=O) groups excluding carboxylic acids is 2. The number of aliphatic hydroxyl groups is 1. The normalized spacial score (nSPS) is 38.1. The molecule has 0 aliphatic heterocycles. The minimum absolute atomic E-state index is 0.00960. The Morgan fingerprint density at radius 2 is 1.73 bits per heavy atom. The number of carboxylic acids is 1. The number of aliphatic hydroxyl groups excluding tert-OH is 1. The van der Waals surface area contributed by atoms with E-state index in [1.54, 1.807) is 25.2 Å². The molecule has 0 saturated heterocycles. The lowest BCUT2D eigenvalue weighted by atomic mass is 9.33. The fourth-order valence-electron chi connectivity index (χ4n) is 13.0. The molecule has 7 nitrogen and oxygen atoms in total.